The number of hydrogen-bond acceptors (Lipinski definition) is 6. The minimum atomic E-state index is -0.524. The molecule has 2 atom stereocenters. The molecule has 0 aromatic carbocycles. The Bertz CT molecular complexity index is 1050. The van der Waals surface area contributed by atoms with E-state index in [1.165, 1.54) is 0 Å². The number of pyridine rings is 1. The van der Waals surface area contributed by atoms with Crippen LogP contribution >= 0.6 is 0 Å². The van der Waals surface area contributed by atoms with Gasteiger partial charge in [0.15, 0.2) is 0 Å². The minimum absolute atomic E-state index is 0.0446. The topological polar surface area (TPSA) is 121 Å². The van der Waals surface area contributed by atoms with E-state index < -0.39 is 5.60 Å². The van der Waals surface area contributed by atoms with Crippen LogP contribution in [0.5, 0.6) is 0 Å². The number of aromatic amines is 1. The van der Waals surface area contributed by atoms with E-state index >= 15 is 0 Å². The van der Waals surface area contributed by atoms with Crippen LogP contribution in [-0.4, -0.2) is 69.5 Å². The molecule has 1 amide bonds. The lowest BCUT2D eigenvalue weighted by atomic mass is 10.1. The van der Waals surface area contributed by atoms with E-state index in [0.717, 1.165) is 35.5 Å². The quantitative estimate of drug-likeness (QED) is 0.502. The van der Waals surface area contributed by atoms with Crippen molar-refractivity contribution >= 4 is 17.7 Å². The summed E-state index contributed by atoms with van der Waals surface area (Å²) >= 11 is 0. The first-order valence-electron chi connectivity index (χ1n) is 10.8. The van der Waals surface area contributed by atoms with Gasteiger partial charge in [0.1, 0.15) is 29.0 Å². The van der Waals surface area contributed by atoms with Crippen molar-refractivity contribution in [1.82, 2.24) is 19.8 Å². The van der Waals surface area contributed by atoms with Crippen molar-refractivity contribution in [2.45, 2.75) is 51.3 Å². The van der Waals surface area contributed by atoms with Crippen molar-refractivity contribution < 1.29 is 9.53 Å². The summed E-state index contributed by atoms with van der Waals surface area (Å²) in [6.07, 6.45) is 3.23. The molecule has 168 valence electrons. The summed E-state index contributed by atoms with van der Waals surface area (Å²) in [5, 5.41) is 21.0. The second-order valence-corrected chi connectivity index (χ2v) is 9.29. The number of amidine groups is 1. The Balaban J connectivity index is 1.52. The monoisotopic (exact) mass is 435 g/mol. The second-order valence-electron chi connectivity index (χ2n) is 9.29. The van der Waals surface area contributed by atoms with Crippen LogP contribution in [-0.2, 0) is 4.74 Å². The highest BCUT2D eigenvalue weighted by Gasteiger charge is 2.45. The molecule has 2 bridgehead atoms. The molecule has 9 heteroatoms. The molecule has 9 nitrogen and oxygen atoms in total. The summed E-state index contributed by atoms with van der Waals surface area (Å²) in [6, 6.07) is 7.55. The maximum Gasteiger partial charge on any atom is 0.410 e. The van der Waals surface area contributed by atoms with Crippen molar-refractivity contribution in [3.05, 3.63) is 35.7 Å². The van der Waals surface area contributed by atoms with Gasteiger partial charge in [-0.1, -0.05) is 0 Å². The number of nitrogens with one attached hydrogen (secondary N) is 3. The summed E-state index contributed by atoms with van der Waals surface area (Å²) < 4.78 is 5.62. The van der Waals surface area contributed by atoms with Crippen LogP contribution in [0.15, 0.2) is 24.4 Å². The van der Waals surface area contributed by atoms with Gasteiger partial charge in [0.05, 0.1) is 17.6 Å². The van der Waals surface area contributed by atoms with Gasteiger partial charge in [-0.15, -0.1) is 0 Å². The van der Waals surface area contributed by atoms with E-state index in [0.29, 0.717) is 24.6 Å². The molecule has 2 unspecified atom stereocenters. The zero-order chi connectivity index (χ0) is 23.0. The highest BCUT2D eigenvalue weighted by atomic mass is 16.6. The molecule has 2 fully saturated rings. The number of rotatable bonds is 3. The predicted molar refractivity (Wildman–Crippen MR) is 122 cm³/mol. The van der Waals surface area contributed by atoms with E-state index in [1.54, 1.807) is 12.3 Å². The molecule has 0 aliphatic carbocycles. The van der Waals surface area contributed by atoms with Gasteiger partial charge in [-0.25, -0.2) is 9.78 Å². The first-order chi connectivity index (χ1) is 15.2. The molecule has 0 saturated carbocycles. The van der Waals surface area contributed by atoms with Crippen molar-refractivity contribution in [3.63, 3.8) is 0 Å². The number of carbonyl (C=O) groups excluding carboxylic acids is 1. The molecule has 2 aliphatic rings. The number of piperazine rings is 1. The van der Waals surface area contributed by atoms with E-state index in [1.807, 2.05) is 55.8 Å². The van der Waals surface area contributed by atoms with Gasteiger partial charge in [0.2, 0.25) is 0 Å². The first-order valence-corrected chi connectivity index (χ1v) is 10.8. The van der Waals surface area contributed by atoms with Crippen molar-refractivity contribution in [2.75, 3.05) is 25.5 Å². The lowest BCUT2D eigenvalue weighted by Gasteiger charge is -2.42. The van der Waals surface area contributed by atoms with Crippen LogP contribution in [0.25, 0.3) is 11.3 Å². The third-order valence-corrected chi connectivity index (χ3v) is 5.91. The molecule has 2 aliphatic heterocycles. The number of amides is 1. The minimum Gasteiger partial charge on any atom is -0.444 e. The highest BCUT2D eigenvalue weighted by Crippen LogP contribution is 2.33. The number of H-pyrrole nitrogens is 1. The van der Waals surface area contributed by atoms with Crippen LogP contribution in [0.4, 0.5) is 10.6 Å². The first kappa shape index (κ1) is 21.7. The number of likely N-dealkylation sites (tertiary alicyclic amines) is 1. The van der Waals surface area contributed by atoms with Crippen LogP contribution in [0.2, 0.25) is 0 Å². The number of nitriles is 1. The van der Waals surface area contributed by atoms with Crippen molar-refractivity contribution in [2.24, 2.45) is 0 Å². The van der Waals surface area contributed by atoms with Gasteiger partial charge in [-0.05, 0) is 51.8 Å². The molecule has 2 aromatic heterocycles. The number of ether oxygens (including phenoxy) is 1. The molecular formula is C23H29N7O2. The summed E-state index contributed by atoms with van der Waals surface area (Å²) in [4.78, 5) is 24.1. The molecule has 0 spiro atoms. The number of fused-ring (bicyclic) bond motifs is 2. The smallest absolute Gasteiger partial charge is 0.410 e. The molecular weight excluding hydrogens is 406 g/mol. The number of anilines is 1. The Morgan fingerprint density at radius 2 is 2.00 bits per heavy atom. The fraction of sp³-hybridized carbons (Fsp3) is 0.478. The van der Waals surface area contributed by atoms with Crippen molar-refractivity contribution in [1.29, 1.82) is 10.7 Å². The Morgan fingerprint density at radius 3 is 2.53 bits per heavy atom. The van der Waals surface area contributed by atoms with Crippen LogP contribution in [0, 0.1) is 16.7 Å². The molecule has 4 rings (SSSR count). The highest BCUT2D eigenvalue weighted by molar-refractivity contribution is 6.02. The van der Waals surface area contributed by atoms with Crippen molar-refractivity contribution in [3.8, 4) is 17.3 Å². The Kier molecular flexibility index (Phi) is 5.55. The largest absolute Gasteiger partial charge is 0.444 e. The van der Waals surface area contributed by atoms with Crippen LogP contribution in [0.3, 0.4) is 0 Å². The molecule has 2 saturated heterocycles. The normalized spacial score (nSPS) is 20.1. The lowest BCUT2D eigenvalue weighted by Crippen LogP contribution is -2.57. The van der Waals surface area contributed by atoms with Crippen LogP contribution < -0.4 is 5.32 Å². The molecule has 2 aromatic rings. The Hall–Kier alpha value is -3.54. The third-order valence-electron chi connectivity index (χ3n) is 5.91. The second kappa shape index (κ2) is 8.19. The third kappa shape index (κ3) is 4.13. The molecule has 4 heterocycles. The van der Waals surface area contributed by atoms with Gasteiger partial charge < -0.3 is 19.9 Å². The van der Waals surface area contributed by atoms with E-state index in [4.69, 9.17) is 15.4 Å². The van der Waals surface area contributed by atoms with Crippen LogP contribution in [0.1, 0.15) is 44.9 Å². The number of hydrogen-bond donors (Lipinski definition) is 3. The number of nitrogens with zero attached hydrogens (tertiary/aromatic N) is 4. The SMILES string of the molecule is CNc1[nH]c(-c2ccc(C#N)nc2)cc1C(=N)N1CC2CCC(C1)N2C(=O)OC(C)(C)C. The fourth-order valence-corrected chi connectivity index (χ4v) is 4.48. The zero-order valence-electron chi connectivity index (χ0n) is 18.9. The average molecular weight is 436 g/mol. The molecule has 3 N–H and O–H groups in total. The van der Waals surface area contributed by atoms with E-state index in [-0.39, 0.29) is 18.2 Å². The standard InChI is InChI=1S/C23H29N7O2/c1-23(2,3)32-22(31)30-16-7-8-17(30)13-29(12-16)20(25)18-9-19(28-21(18)26-4)14-5-6-15(10-24)27-11-14/h5-6,9,11,16-17,25-26,28H,7-8,12-13H2,1-4H3. The number of carbonyl (C=O) groups is 1. The predicted octanol–water partition coefficient (Wildman–Crippen LogP) is 3.40. The van der Waals surface area contributed by atoms with Gasteiger partial charge in [-0.2, -0.15) is 5.26 Å². The van der Waals surface area contributed by atoms with Gasteiger partial charge >= 0.3 is 6.09 Å². The Morgan fingerprint density at radius 1 is 1.31 bits per heavy atom. The summed E-state index contributed by atoms with van der Waals surface area (Å²) in [5.41, 5.74) is 2.26. The maximum absolute atomic E-state index is 12.7. The van der Waals surface area contributed by atoms with E-state index in [9.17, 15) is 4.79 Å². The number of aromatic nitrogens is 2. The van der Waals surface area contributed by atoms with Gasteiger partial charge in [-0.3, -0.25) is 10.3 Å². The fourth-order valence-electron chi connectivity index (χ4n) is 4.48. The zero-order valence-corrected chi connectivity index (χ0v) is 18.9. The summed E-state index contributed by atoms with van der Waals surface area (Å²) in [7, 11) is 1.81. The summed E-state index contributed by atoms with van der Waals surface area (Å²) in [6.45, 7) is 6.86. The lowest BCUT2D eigenvalue weighted by molar-refractivity contribution is 0.00278. The molecule has 32 heavy (non-hydrogen) atoms. The summed E-state index contributed by atoms with van der Waals surface area (Å²) in [5.74, 6) is 1.16. The maximum atomic E-state index is 12.7. The average Bonchev–Trinajstić information content (AvgIpc) is 3.30. The van der Waals surface area contributed by atoms with E-state index in [2.05, 4.69) is 15.3 Å². The van der Waals surface area contributed by atoms with Gasteiger partial charge in [0, 0.05) is 37.6 Å². The Labute approximate surface area is 187 Å². The van der Waals surface area contributed by atoms with Gasteiger partial charge in [0.25, 0.3) is 0 Å². The molecule has 0 radical (unpaired) electrons.